The fourth-order valence-corrected chi connectivity index (χ4v) is 5.84. The molecule has 10 nitrogen and oxygen atoms in total. The van der Waals surface area contributed by atoms with Crippen LogP contribution in [0.25, 0.3) is 0 Å². The normalized spacial score (nSPS) is 28.7. The van der Waals surface area contributed by atoms with Crippen LogP contribution in [0.1, 0.15) is 34.3 Å². The minimum absolute atomic E-state index is 0.0234. The summed E-state index contributed by atoms with van der Waals surface area (Å²) >= 11 is 0. The van der Waals surface area contributed by atoms with Crippen molar-refractivity contribution in [1.82, 2.24) is 4.90 Å². The molecule has 0 radical (unpaired) electrons. The van der Waals surface area contributed by atoms with Gasteiger partial charge in [-0.1, -0.05) is 6.07 Å². The highest BCUT2D eigenvalue weighted by Crippen LogP contribution is 2.52. The number of nitrogens with zero attached hydrogens (tertiary/aromatic N) is 1. The van der Waals surface area contributed by atoms with Crippen LogP contribution in [0, 0.1) is 11.8 Å². The second-order valence-electron chi connectivity index (χ2n) is 9.45. The maximum atomic E-state index is 13.5. The van der Waals surface area contributed by atoms with E-state index in [1.54, 1.807) is 20.2 Å². The van der Waals surface area contributed by atoms with Crippen LogP contribution in [0.15, 0.2) is 34.8 Å². The van der Waals surface area contributed by atoms with Crippen molar-refractivity contribution in [3.63, 3.8) is 0 Å². The van der Waals surface area contributed by atoms with E-state index in [2.05, 4.69) is 0 Å². The molecular formula is C24H29N3O7. The van der Waals surface area contributed by atoms with Crippen LogP contribution in [-0.4, -0.2) is 75.1 Å². The number of hydrogen-bond acceptors (Lipinski definition) is 9. The highest BCUT2D eigenvalue weighted by molar-refractivity contribution is 6.24. The van der Waals surface area contributed by atoms with Gasteiger partial charge in [-0.2, -0.15) is 0 Å². The van der Waals surface area contributed by atoms with Gasteiger partial charge in [0, 0.05) is 11.5 Å². The number of carbonyl (C=O) groups excluding carboxylic acids is 3. The number of aromatic hydroxyl groups is 1. The number of carbonyl (C=O) groups is 3. The first-order chi connectivity index (χ1) is 16.0. The molecule has 1 amide bonds. The number of primary amides is 1. The fraction of sp³-hybridized carbons (Fsp3) is 0.458. The zero-order valence-corrected chi connectivity index (χ0v) is 19.0. The van der Waals surface area contributed by atoms with E-state index < -0.39 is 58.0 Å². The number of likely N-dealkylation sites (N-methyl/N-ethyl adjacent to an activating group) is 1. The Kier molecular flexibility index (Phi) is 5.79. The molecule has 1 aromatic carbocycles. The number of fused-ring (bicyclic) bond motifs is 3. The Morgan fingerprint density at radius 1 is 1.21 bits per heavy atom. The molecule has 0 bridgehead atoms. The van der Waals surface area contributed by atoms with Crippen LogP contribution in [0.3, 0.4) is 0 Å². The van der Waals surface area contributed by atoms with Gasteiger partial charge in [0.1, 0.15) is 22.8 Å². The fourth-order valence-electron chi connectivity index (χ4n) is 5.84. The Morgan fingerprint density at radius 3 is 2.47 bits per heavy atom. The van der Waals surface area contributed by atoms with E-state index in [-0.39, 0.29) is 29.7 Å². The molecule has 0 fully saturated rings. The van der Waals surface area contributed by atoms with Gasteiger partial charge in [-0.15, -0.1) is 0 Å². The lowest BCUT2D eigenvalue weighted by Crippen LogP contribution is -2.63. The van der Waals surface area contributed by atoms with Gasteiger partial charge in [0.05, 0.1) is 11.6 Å². The molecule has 8 N–H and O–H groups in total. The lowest BCUT2D eigenvalue weighted by molar-refractivity contribution is -0.148. The van der Waals surface area contributed by atoms with Crippen molar-refractivity contribution in [2.75, 3.05) is 20.6 Å². The van der Waals surface area contributed by atoms with Crippen LogP contribution < -0.4 is 11.5 Å². The molecule has 34 heavy (non-hydrogen) atoms. The van der Waals surface area contributed by atoms with Gasteiger partial charge in [-0.25, -0.2) is 0 Å². The van der Waals surface area contributed by atoms with Crippen molar-refractivity contribution in [2.24, 2.45) is 23.3 Å². The molecule has 0 unspecified atom stereocenters. The van der Waals surface area contributed by atoms with E-state index in [4.69, 9.17) is 11.5 Å². The van der Waals surface area contributed by atoms with Crippen molar-refractivity contribution in [2.45, 2.75) is 37.3 Å². The molecule has 0 saturated heterocycles. The number of Topliss-reactive ketones (excluding diaryl/α,β-unsaturated/α-hetero) is 2. The number of benzene rings is 1. The standard InChI is InChI=1S/C24H29N3O7/c1-27(2)18-13-9-11-8-12-10(4-3-7-25)5-6-14(28)16(12)19(29)15(11)21(31)24(13,34)22(32)17(20(18)30)23(26)33/h5-6,11,13,18,28,30-31,34H,3-4,7-9,25H2,1-2H3,(H2,26,33)/t11-,13-,18-,24-/m0/s1. The van der Waals surface area contributed by atoms with Gasteiger partial charge in [0.2, 0.25) is 5.78 Å². The topological polar surface area (TPSA) is 187 Å². The predicted molar refractivity (Wildman–Crippen MR) is 121 cm³/mol. The lowest BCUT2D eigenvalue weighted by atomic mass is 9.58. The van der Waals surface area contributed by atoms with Crippen molar-refractivity contribution >= 4 is 17.5 Å². The SMILES string of the molecule is CN(C)[C@@H]1C(O)=C(C(N)=O)C(=O)[C@@]2(O)C(O)=C3C(=O)c4c(O)ccc(CCCN)c4C[C@H]3C[C@@H]12. The molecule has 10 heteroatoms. The van der Waals surface area contributed by atoms with Crippen molar-refractivity contribution in [3.8, 4) is 5.75 Å². The van der Waals surface area contributed by atoms with Crippen LogP contribution >= 0.6 is 0 Å². The smallest absolute Gasteiger partial charge is 0.255 e. The number of ketones is 2. The molecule has 0 aromatic heterocycles. The average molecular weight is 472 g/mol. The summed E-state index contributed by atoms with van der Waals surface area (Å²) in [4.78, 5) is 40.3. The zero-order chi connectivity index (χ0) is 25.1. The second kappa shape index (κ2) is 8.23. The van der Waals surface area contributed by atoms with Gasteiger partial charge in [0.25, 0.3) is 5.91 Å². The molecule has 0 saturated carbocycles. The lowest BCUT2D eigenvalue weighted by Gasteiger charge is -2.50. The number of rotatable bonds is 5. The minimum atomic E-state index is -2.63. The number of aliphatic hydroxyl groups is 3. The summed E-state index contributed by atoms with van der Waals surface area (Å²) < 4.78 is 0. The summed E-state index contributed by atoms with van der Waals surface area (Å²) in [6, 6.07) is 2.14. The average Bonchev–Trinajstić information content (AvgIpc) is 2.75. The summed E-state index contributed by atoms with van der Waals surface area (Å²) in [5, 5.41) is 44.0. The van der Waals surface area contributed by atoms with Gasteiger partial charge in [-0.05, 0) is 69.4 Å². The van der Waals surface area contributed by atoms with Crippen LogP contribution in [0.2, 0.25) is 0 Å². The molecule has 0 heterocycles. The monoisotopic (exact) mass is 471 g/mol. The molecule has 3 aliphatic rings. The number of phenols is 1. The molecule has 3 aliphatic carbocycles. The first kappa shape index (κ1) is 23.9. The van der Waals surface area contributed by atoms with Crippen molar-refractivity contribution in [1.29, 1.82) is 0 Å². The number of phenolic OH excluding ortho intramolecular Hbond substituents is 1. The third kappa shape index (κ3) is 3.17. The van der Waals surface area contributed by atoms with Gasteiger partial charge < -0.3 is 31.9 Å². The van der Waals surface area contributed by atoms with E-state index in [1.807, 2.05) is 0 Å². The number of nitrogens with two attached hydrogens (primary N) is 2. The number of aliphatic hydroxyl groups excluding tert-OH is 2. The molecular weight excluding hydrogens is 442 g/mol. The van der Waals surface area contributed by atoms with Crippen molar-refractivity contribution < 1.29 is 34.8 Å². The molecule has 4 rings (SSSR count). The number of allylic oxidation sites excluding steroid dienone is 1. The summed E-state index contributed by atoms with van der Waals surface area (Å²) in [6.07, 6.45) is 1.63. The van der Waals surface area contributed by atoms with Gasteiger partial charge in [-0.3, -0.25) is 19.3 Å². The maximum absolute atomic E-state index is 13.5. The van der Waals surface area contributed by atoms with E-state index in [9.17, 15) is 34.8 Å². The van der Waals surface area contributed by atoms with Gasteiger partial charge >= 0.3 is 0 Å². The molecule has 1 aromatic rings. The zero-order valence-electron chi connectivity index (χ0n) is 19.0. The Hall–Kier alpha value is -3.21. The largest absolute Gasteiger partial charge is 0.510 e. The molecule has 4 atom stereocenters. The summed E-state index contributed by atoms with van der Waals surface area (Å²) in [5.74, 6) is -6.51. The summed E-state index contributed by atoms with van der Waals surface area (Å²) in [6.45, 7) is 0.453. The minimum Gasteiger partial charge on any atom is -0.510 e. The van der Waals surface area contributed by atoms with E-state index in [1.165, 1.54) is 11.0 Å². The molecule has 0 aliphatic heterocycles. The van der Waals surface area contributed by atoms with Crippen LogP contribution in [0.5, 0.6) is 5.75 Å². The Bertz CT molecular complexity index is 1170. The summed E-state index contributed by atoms with van der Waals surface area (Å²) in [7, 11) is 3.19. The highest BCUT2D eigenvalue weighted by atomic mass is 16.3. The van der Waals surface area contributed by atoms with E-state index in [0.29, 0.717) is 24.9 Å². The third-order valence-electron chi connectivity index (χ3n) is 7.35. The number of hydrogen-bond donors (Lipinski definition) is 6. The number of amides is 1. The van der Waals surface area contributed by atoms with Crippen LogP contribution in [-0.2, 0) is 22.4 Å². The highest BCUT2D eigenvalue weighted by Gasteiger charge is 2.63. The molecule has 182 valence electrons. The van der Waals surface area contributed by atoms with E-state index in [0.717, 1.165) is 5.56 Å². The van der Waals surface area contributed by atoms with Gasteiger partial charge in [0.15, 0.2) is 11.4 Å². The first-order valence-electron chi connectivity index (χ1n) is 11.1. The summed E-state index contributed by atoms with van der Waals surface area (Å²) in [5.41, 5.74) is 8.88. The van der Waals surface area contributed by atoms with Crippen molar-refractivity contribution in [3.05, 3.63) is 51.5 Å². The molecule has 0 spiro atoms. The predicted octanol–water partition coefficient (Wildman–Crippen LogP) is 0.0119. The second-order valence-corrected chi connectivity index (χ2v) is 9.45. The van der Waals surface area contributed by atoms with E-state index >= 15 is 0 Å². The maximum Gasteiger partial charge on any atom is 0.255 e. The Labute approximate surface area is 196 Å². The quantitative estimate of drug-likeness (QED) is 0.322. The Balaban J connectivity index is 1.93. The Morgan fingerprint density at radius 2 is 1.88 bits per heavy atom. The number of aryl methyl sites for hydroxylation is 1. The van der Waals surface area contributed by atoms with Crippen LogP contribution in [0.4, 0.5) is 0 Å². The third-order valence-corrected chi connectivity index (χ3v) is 7.35. The first-order valence-corrected chi connectivity index (χ1v) is 11.1.